The van der Waals surface area contributed by atoms with Crippen molar-refractivity contribution < 1.29 is 39.8 Å². The quantitative estimate of drug-likeness (QED) is 0.0332. The van der Waals surface area contributed by atoms with E-state index in [0.717, 1.165) is 38.5 Å². The minimum atomic E-state index is -1.55. The molecule has 1 aliphatic heterocycles. The molecule has 0 aromatic rings. The number of aliphatic hydroxyl groups is 5. The zero-order valence-electron chi connectivity index (χ0n) is 39.5. The minimum absolute atomic E-state index is 0.131. The van der Waals surface area contributed by atoms with E-state index in [4.69, 9.17) is 9.47 Å². The molecule has 0 spiro atoms. The molecule has 1 fully saturated rings. The third-order valence-corrected chi connectivity index (χ3v) is 13.0. The predicted octanol–water partition coefficient (Wildman–Crippen LogP) is 11.9. The van der Waals surface area contributed by atoms with Crippen molar-refractivity contribution >= 4 is 5.91 Å². The molecule has 6 N–H and O–H groups in total. The number of amides is 1. The van der Waals surface area contributed by atoms with Gasteiger partial charge >= 0.3 is 0 Å². The normalized spacial score (nSPS) is 20.4. The van der Waals surface area contributed by atoms with Crippen LogP contribution in [-0.4, -0.2) is 87.5 Å². The molecule has 0 aromatic carbocycles. The molecule has 1 rings (SSSR count). The van der Waals surface area contributed by atoms with Crippen molar-refractivity contribution in [2.24, 2.45) is 0 Å². The maximum absolute atomic E-state index is 13.0. The first-order valence-corrected chi connectivity index (χ1v) is 26.2. The zero-order valence-corrected chi connectivity index (χ0v) is 39.5. The molecule has 0 aromatic heterocycles. The van der Waals surface area contributed by atoms with Crippen LogP contribution >= 0.6 is 0 Å². The van der Waals surface area contributed by atoms with Crippen molar-refractivity contribution in [3.05, 3.63) is 0 Å². The van der Waals surface area contributed by atoms with Crippen molar-refractivity contribution in [1.82, 2.24) is 5.32 Å². The first-order valence-electron chi connectivity index (χ1n) is 26.2. The van der Waals surface area contributed by atoms with Gasteiger partial charge < -0.3 is 40.3 Å². The summed E-state index contributed by atoms with van der Waals surface area (Å²) in [6, 6.07) is -0.712. The molecule has 0 radical (unpaired) electrons. The predicted molar refractivity (Wildman–Crippen MR) is 249 cm³/mol. The van der Waals surface area contributed by atoms with Gasteiger partial charge in [0, 0.05) is 6.42 Å². The van der Waals surface area contributed by atoms with E-state index in [9.17, 15) is 30.3 Å². The number of unbranched alkanes of at least 4 members (excludes halogenated alkanes) is 35. The van der Waals surface area contributed by atoms with Crippen LogP contribution in [-0.2, 0) is 14.3 Å². The summed E-state index contributed by atoms with van der Waals surface area (Å²) in [4.78, 5) is 13.0. The molecule has 2 unspecified atom stereocenters. The average Bonchev–Trinajstić information content (AvgIpc) is 3.25. The second-order valence-electron chi connectivity index (χ2n) is 18.7. The second-order valence-corrected chi connectivity index (χ2v) is 18.7. The van der Waals surface area contributed by atoms with Crippen molar-refractivity contribution in [2.75, 3.05) is 13.2 Å². The van der Waals surface area contributed by atoms with Gasteiger partial charge in [-0.3, -0.25) is 4.79 Å². The van der Waals surface area contributed by atoms with Gasteiger partial charge in [-0.2, -0.15) is 0 Å². The Morgan fingerprint density at radius 2 is 0.833 bits per heavy atom. The molecule has 7 atom stereocenters. The molecular weight excluding hydrogens is 755 g/mol. The molecule has 0 bridgehead atoms. The molecule has 1 amide bonds. The summed E-state index contributed by atoms with van der Waals surface area (Å²) >= 11 is 0. The summed E-state index contributed by atoms with van der Waals surface area (Å²) < 4.78 is 11.3. The summed E-state index contributed by atoms with van der Waals surface area (Å²) in [6.45, 7) is 3.86. The summed E-state index contributed by atoms with van der Waals surface area (Å²) in [7, 11) is 0. The highest BCUT2D eigenvalue weighted by Crippen LogP contribution is 2.23. The Hall–Kier alpha value is -0.810. The Bertz CT molecular complexity index is 908. The van der Waals surface area contributed by atoms with Crippen LogP contribution in [0.1, 0.15) is 264 Å². The number of carbonyl (C=O) groups excluding carboxylic acids is 1. The maximum atomic E-state index is 13.0. The minimum Gasteiger partial charge on any atom is -0.394 e. The van der Waals surface area contributed by atoms with Crippen LogP contribution in [0, 0.1) is 0 Å². The lowest BCUT2D eigenvalue weighted by molar-refractivity contribution is -0.302. The van der Waals surface area contributed by atoms with E-state index in [1.165, 1.54) is 199 Å². The third kappa shape index (κ3) is 31.9. The van der Waals surface area contributed by atoms with Gasteiger partial charge in [0.2, 0.25) is 5.91 Å². The van der Waals surface area contributed by atoms with Crippen LogP contribution < -0.4 is 5.32 Å². The van der Waals surface area contributed by atoms with Gasteiger partial charge in [0.1, 0.15) is 24.4 Å². The van der Waals surface area contributed by atoms with Gasteiger partial charge in [0.05, 0.1) is 25.4 Å². The van der Waals surface area contributed by atoms with E-state index < -0.39 is 49.5 Å². The number of hydrogen-bond acceptors (Lipinski definition) is 8. The number of rotatable bonds is 45. The fourth-order valence-corrected chi connectivity index (χ4v) is 8.75. The lowest BCUT2D eigenvalue weighted by Crippen LogP contribution is -2.60. The highest BCUT2D eigenvalue weighted by molar-refractivity contribution is 5.76. The van der Waals surface area contributed by atoms with E-state index >= 15 is 0 Å². The second kappa shape index (κ2) is 42.2. The summed E-state index contributed by atoms with van der Waals surface area (Å²) in [5, 5.41) is 54.5. The van der Waals surface area contributed by atoms with E-state index in [2.05, 4.69) is 19.2 Å². The van der Waals surface area contributed by atoms with Crippen molar-refractivity contribution in [1.29, 1.82) is 0 Å². The smallest absolute Gasteiger partial charge is 0.220 e. The highest BCUT2D eigenvalue weighted by atomic mass is 16.7. The Labute approximate surface area is 370 Å². The van der Waals surface area contributed by atoms with E-state index in [0.29, 0.717) is 12.8 Å². The van der Waals surface area contributed by atoms with Crippen LogP contribution in [0.25, 0.3) is 0 Å². The largest absolute Gasteiger partial charge is 0.394 e. The fourth-order valence-electron chi connectivity index (χ4n) is 8.75. The van der Waals surface area contributed by atoms with E-state index in [-0.39, 0.29) is 12.5 Å². The zero-order chi connectivity index (χ0) is 43.7. The molecule has 0 saturated carbocycles. The van der Waals surface area contributed by atoms with Crippen LogP contribution in [0.2, 0.25) is 0 Å². The standard InChI is InChI=1S/C51H101NO8/c1-3-5-7-9-11-13-15-17-18-19-20-21-22-23-24-25-26-27-29-31-33-35-37-39-41-47(55)52-44(43-59-51-50(58)49(57)48(56)46(42-53)60-51)45(54)40-38-36-34-32-30-28-16-14-12-10-8-6-4-2/h44-46,48-51,53-54,56-58H,3-43H2,1-2H3,(H,52,55)/t44-,45+,46+,48+,49?,50?,51+/m0/s1. The molecule has 9 heteroatoms. The monoisotopic (exact) mass is 856 g/mol. The Kier molecular flexibility index (Phi) is 40.2. The Morgan fingerprint density at radius 3 is 1.18 bits per heavy atom. The summed E-state index contributed by atoms with van der Waals surface area (Å²) in [5.74, 6) is -0.138. The van der Waals surface area contributed by atoms with Gasteiger partial charge in [-0.15, -0.1) is 0 Å². The van der Waals surface area contributed by atoms with Crippen LogP contribution in [0.4, 0.5) is 0 Å². The summed E-state index contributed by atoms with van der Waals surface area (Å²) in [6.07, 6.45) is 41.2. The molecule has 9 nitrogen and oxygen atoms in total. The molecule has 60 heavy (non-hydrogen) atoms. The first-order chi connectivity index (χ1) is 29.3. The number of carbonyl (C=O) groups is 1. The molecular formula is C51H101NO8. The molecule has 1 saturated heterocycles. The lowest BCUT2D eigenvalue weighted by atomic mass is 9.99. The van der Waals surface area contributed by atoms with Crippen molar-refractivity contribution in [3.63, 3.8) is 0 Å². The number of hydrogen-bond donors (Lipinski definition) is 6. The van der Waals surface area contributed by atoms with Gasteiger partial charge in [-0.25, -0.2) is 0 Å². The first kappa shape index (κ1) is 57.2. The average molecular weight is 856 g/mol. The van der Waals surface area contributed by atoms with Gasteiger partial charge in [-0.1, -0.05) is 245 Å². The molecule has 1 aliphatic rings. The lowest BCUT2D eigenvalue weighted by Gasteiger charge is -2.40. The van der Waals surface area contributed by atoms with E-state index in [1.807, 2.05) is 0 Å². The SMILES string of the molecule is CCCCCCCCCCCCCCCCCCCCCCCCCCC(=O)N[C@@H](CO[C@@H]1O[C@H](CO)[C@@H](O)C(O)C1O)[C@H](O)CCCCCCCCCCCCCCC. The Morgan fingerprint density at radius 1 is 0.500 bits per heavy atom. The third-order valence-electron chi connectivity index (χ3n) is 13.0. The molecule has 1 heterocycles. The topological polar surface area (TPSA) is 149 Å². The van der Waals surface area contributed by atoms with Crippen LogP contribution in [0.5, 0.6) is 0 Å². The summed E-state index contributed by atoms with van der Waals surface area (Å²) in [5.41, 5.74) is 0. The Balaban J connectivity index is 2.19. The number of aliphatic hydroxyl groups excluding tert-OH is 5. The maximum Gasteiger partial charge on any atom is 0.220 e. The fraction of sp³-hybridized carbons (Fsp3) is 0.980. The van der Waals surface area contributed by atoms with Crippen molar-refractivity contribution in [2.45, 2.75) is 307 Å². The number of ether oxygens (including phenoxy) is 2. The van der Waals surface area contributed by atoms with Gasteiger partial charge in [0.15, 0.2) is 6.29 Å². The van der Waals surface area contributed by atoms with Crippen LogP contribution in [0.15, 0.2) is 0 Å². The van der Waals surface area contributed by atoms with Crippen molar-refractivity contribution in [3.8, 4) is 0 Å². The van der Waals surface area contributed by atoms with Gasteiger partial charge in [0.25, 0.3) is 0 Å². The highest BCUT2D eigenvalue weighted by Gasteiger charge is 2.44. The molecule has 358 valence electrons. The van der Waals surface area contributed by atoms with E-state index in [1.54, 1.807) is 0 Å². The van der Waals surface area contributed by atoms with Crippen LogP contribution in [0.3, 0.4) is 0 Å². The molecule has 0 aliphatic carbocycles. The van der Waals surface area contributed by atoms with Gasteiger partial charge in [-0.05, 0) is 12.8 Å². The number of nitrogens with one attached hydrogen (secondary N) is 1.